The molecule has 0 unspecified atom stereocenters. The molecule has 0 atom stereocenters. The van der Waals surface area contributed by atoms with Gasteiger partial charge in [0.15, 0.2) is 0 Å². The van der Waals surface area contributed by atoms with Crippen molar-refractivity contribution in [2.24, 2.45) is 0 Å². The highest BCUT2D eigenvalue weighted by atomic mass is 16.5. The van der Waals surface area contributed by atoms with Gasteiger partial charge in [-0.15, -0.1) is 0 Å². The average Bonchev–Trinajstić information content (AvgIpc) is 2.79. The van der Waals surface area contributed by atoms with E-state index in [0.717, 1.165) is 24.3 Å². The molecule has 0 aliphatic rings. The van der Waals surface area contributed by atoms with Gasteiger partial charge in [0.2, 0.25) is 5.91 Å². The van der Waals surface area contributed by atoms with E-state index in [2.05, 4.69) is 22.9 Å². The largest absolute Gasteiger partial charge is 0.494 e. The summed E-state index contributed by atoms with van der Waals surface area (Å²) in [6.45, 7) is 5.64. The molecule has 0 spiro atoms. The summed E-state index contributed by atoms with van der Waals surface area (Å²) < 4.78 is 5.80. The lowest BCUT2D eigenvalue weighted by atomic mass is 10.2. The van der Waals surface area contributed by atoms with Crippen molar-refractivity contribution in [1.82, 2.24) is 5.32 Å². The highest BCUT2D eigenvalue weighted by Crippen LogP contribution is 2.18. The highest BCUT2D eigenvalue weighted by Gasteiger charge is 2.07. The van der Waals surface area contributed by atoms with Gasteiger partial charge in [-0.2, -0.15) is 0 Å². The Morgan fingerprint density at radius 2 is 1.65 bits per heavy atom. The topological polar surface area (TPSA) is 79.5 Å². The lowest BCUT2D eigenvalue weighted by Crippen LogP contribution is -2.24. The summed E-state index contributed by atoms with van der Waals surface area (Å²) in [6, 6.07) is 14.6. The first-order chi connectivity index (χ1) is 15.1. The fourth-order valence-electron chi connectivity index (χ4n) is 3.06. The zero-order valence-electron chi connectivity index (χ0n) is 18.7. The van der Waals surface area contributed by atoms with Crippen LogP contribution < -0.4 is 20.7 Å². The molecule has 0 fully saturated rings. The number of hydrogen-bond donors (Lipinski definition) is 3. The molecule has 0 bridgehead atoms. The Hall–Kier alpha value is -3.02. The third kappa shape index (κ3) is 9.55. The van der Waals surface area contributed by atoms with Crippen molar-refractivity contribution in [1.29, 1.82) is 0 Å². The van der Waals surface area contributed by atoms with Crippen molar-refractivity contribution in [2.75, 3.05) is 30.3 Å². The van der Waals surface area contributed by atoms with Crippen LogP contribution in [0.25, 0.3) is 0 Å². The Balaban J connectivity index is 1.78. The molecule has 0 saturated carbocycles. The maximum Gasteiger partial charge on any atom is 0.251 e. The number of carbonyl (C=O) groups excluding carboxylic acids is 2. The van der Waals surface area contributed by atoms with E-state index in [0.29, 0.717) is 24.4 Å². The number of carbonyl (C=O) groups is 2. The molecule has 0 aliphatic carbocycles. The van der Waals surface area contributed by atoms with Crippen LogP contribution in [0.5, 0.6) is 5.75 Å². The molecule has 0 aromatic heterocycles. The van der Waals surface area contributed by atoms with Gasteiger partial charge < -0.3 is 20.7 Å². The minimum atomic E-state index is -0.169. The summed E-state index contributed by atoms with van der Waals surface area (Å²) in [5, 5.41) is 8.79. The minimum absolute atomic E-state index is 0.0997. The standard InChI is InChI=1S/C25H35N3O3/c1-3-5-6-7-8-16-31-23-14-10-13-22(18-23)28-24(29)19-27-21-12-9-11-20(17-21)25(30)26-15-4-2/h9-14,17-18,27H,3-8,15-16,19H2,1-2H3,(H,26,30)(H,28,29). The van der Waals surface area contributed by atoms with Crippen LogP contribution in [0.1, 0.15) is 62.7 Å². The number of unbranched alkanes of at least 4 members (excludes halogenated alkanes) is 4. The molecule has 3 N–H and O–H groups in total. The molecule has 6 nitrogen and oxygen atoms in total. The molecule has 6 heteroatoms. The van der Waals surface area contributed by atoms with Crippen molar-refractivity contribution in [2.45, 2.75) is 52.4 Å². The van der Waals surface area contributed by atoms with Gasteiger partial charge in [-0.1, -0.05) is 51.7 Å². The second kappa shape index (κ2) is 14.1. The summed E-state index contributed by atoms with van der Waals surface area (Å²) in [4.78, 5) is 24.4. The van der Waals surface area contributed by atoms with Crippen LogP contribution in [0.15, 0.2) is 48.5 Å². The SMILES string of the molecule is CCCCCCCOc1cccc(NC(=O)CNc2cccc(C(=O)NCCC)c2)c1. The van der Waals surface area contributed by atoms with Gasteiger partial charge in [0.25, 0.3) is 5.91 Å². The smallest absolute Gasteiger partial charge is 0.251 e. The van der Waals surface area contributed by atoms with Gasteiger partial charge in [-0.05, 0) is 43.2 Å². The Bertz CT molecular complexity index is 823. The van der Waals surface area contributed by atoms with Crippen LogP contribution in [-0.4, -0.2) is 31.5 Å². The van der Waals surface area contributed by atoms with Crippen LogP contribution in [0.4, 0.5) is 11.4 Å². The molecule has 0 saturated heterocycles. The number of nitrogens with one attached hydrogen (secondary N) is 3. The number of rotatable bonds is 14. The molecule has 2 rings (SSSR count). The summed E-state index contributed by atoms with van der Waals surface area (Å²) in [7, 11) is 0. The van der Waals surface area contributed by atoms with Gasteiger partial charge in [0, 0.05) is 29.5 Å². The van der Waals surface area contributed by atoms with E-state index in [1.54, 1.807) is 18.2 Å². The summed E-state index contributed by atoms with van der Waals surface area (Å²) in [5.41, 5.74) is 1.99. The van der Waals surface area contributed by atoms with E-state index in [-0.39, 0.29) is 18.4 Å². The molecule has 2 aromatic carbocycles. The van der Waals surface area contributed by atoms with Gasteiger partial charge in [0.1, 0.15) is 5.75 Å². The molecule has 2 amide bonds. The lowest BCUT2D eigenvalue weighted by molar-refractivity contribution is -0.114. The van der Waals surface area contributed by atoms with Gasteiger partial charge >= 0.3 is 0 Å². The maximum absolute atomic E-state index is 12.3. The van der Waals surface area contributed by atoms with Crippen LogP contribution >= 0.6 is 0 Å². The quantitative estimate of drug-likeness (QED) is 0.362. The van der Waals surface area contributed by atoms with Crippen LogP contribution in [0, 0.1) is 0 Å². The normalized spacial score (nSPS) is 10.4. The van der Waals surface area contributed by atoms with Crippen molar-refractivity contribution >= 4 is 23.2 Å². The minimum Gasteiger partial charge on any atom is -0.494 e. The van der Waals surface area contributed by atoms with E-state index < -0.39 is 0 Å². The molecule has 0 radical (unpaired) electrons. The molecule has 0 aliphatic heterocycles. The van der Waals surface area contributed by atoms with Crippen molar-refractivity contribution in [3.05, 3.63) is 54.1 Å². The average molecular weight is 426 g/mol. The third-order valence-electron chi connectivity index (χ3n) is 4.75. The van der Waals surface area contributed by atoms with E-state index in [9.17, 15) is 9.59 Å². The van der Waals surface area contributed by atoms with E-state index in [4.69, 9.17) is 4.74 Å². The Kier molecular flexibility index (Phi) is 11.0. The fraction of sp³-hybridized carbons (Fsp3) is 0.440. The predicted molar refractivity (Wildman–Crippen MR) is 127 cm³/mol. The zero-order valence-corrected chi connectivity index (χ0v) is 18.7. The highest BCUT2D eigenvalue weighted by molar-refractivity contribution is 5.96. The lowest BCUT2D eigenvalue weighted by Gasteiger charge is -2.11. The fourth-order valence-corrected chi connectivity index (χ4v) is 3.06. The Morgan fingerprint density at radius 1 is 0.871 bits per heavy atom. The number of ether oxygens (including phenoxy) is 1. The zero-order chi connectivity index (χ0) is 22.3. The molecule has 2 aromatic rings. The van der Waals surface area contributed by atoms with Crippen molar-refractivity contribution in [3.63, 3.8) is 0 Å². The van der Waals surface area contributed by atoms with Gasteiger partial charge in [0.05, 0.1) is 13.2 Å². The number of benzene rings is 2. The number of hydrogen-bond acceptors (Lipinski definition) is 4. The van der Waals surface area contributed by atoms with Gasteiger partial charge in [-0.25, -0.2) is 0 Å². The molecular formula is C25H35N3O3. The number of amides is 2. The first-order valence-corrected chi connectivity index (χ1v) is 11.3. The summed E-state index contributed by atoms with van der Waals surface area (Å²) in [6.07, 6.45) is 6.85. The molecule has 31 heavy (non-hydrogen) atoms. The van der Waals surface area contributed by atoms with Crippen LogP contribution in [0.2, 0.25) is 0 Å². The second-order valence-corrected chi connectivity index (χ2v) is 7.53. The first-order valence-electron chi connectivity index (χ1n) is 11.3. The van der Waals surface area contributed by atoms with Crippen LogP contribution in [0.3, 0.4) is 0 Å². The first kappa shape index (κ1) is 24.3. The summed E-state index contributed by atoms with van der Waals surface area (Å²) >= 11 is 0. The summed E-state index contributed by atoms with van der Waals surface area (Å²) in [5.74, 6) is 0.474. The van der Waals surface area contributed by atoms with E-state index in [1.165, 1.54) is 25.7 Å². The maximum atomic E-state index is 12.3. The number of anilines is 2. The molecular weight excluding hydrogens is 390 g/mol. The molecule has 168 valence electrons. The van der Waals surface area contributed by atoms with E-state index in [1.807, 2.05) is 37.3 Å². The monoisotopic (exact) mass is 425 g/mol. The van der Waals surface area contributed by atoms with Crippen molar-refractivity contribution in [3.8, 4) is 5.75 Å². The van der Waals surface area contributed by atoms with Crippen LogP contribution in [-0.2, 0) is 4.79 Å². The molecule has 0 heterocycles. The van der Waals surface area contributed by atoms with E-state index >= 15 is 0 Å². The Labute approximate surface area is 185 Å². The second-order valence-electron chi connectivity index (χ2n) is 7.53. The Morgan fingerprint density at radius 3 is 2.45 bits per heavy atom. The van der Waals surface area contributed by atoms with Gasteiger partial charge in [-0.3, -0.25) is 9.59 Å². The van der Waals surface area contributed by atoms with Crippen molar-refractivity contribution < 1.29 is 14.3 Å². The third-order valence-corrected chi connectivity index (χ3v) is 4.75. The predicted octanol–water partition coefficient (Wildman–Crippen LogP) is 5.23.